The van der Waals surface area contributed by atoms with E-state index in [9.17, 15) is 4.79 Å². The molecular formula is C13H19NO2S. The molecule has 1 amide bonds. The third-order valence-corrected chi connectivity index (χ3v) is 3.09. The quantitative estimate of drug-likeness (QED) is 0.644. The van der Waals surface area contributed by atoms with Gasteiger partial charge in [0.1, 0.15) is 6.61 Å². The second kappa shape index (κ2) is 7.22. The highest BCUT2D eigenvalue weighted by atomic mass is 32.1. The summed E-state index contributed by atoms with van der Waals surface area (Å²) in [5.41, 5.74) is 0.987. The number of carbonyl (C=O) groups is 1. The standard InChI is InChI=1S/C13H19NO2S/c1-3-7-12(17)14(2)13(15)16-10-11-8-5-4-6-9-11/h4-6,8-9,12,17H,3,7,10H2,1-2H3. The average Bonchev–Trinajstić information content (AvgIpc) is 2.36. The molecule has 1 rings (SSSR count). The van der Waals surface area contributed by atoms with Crippen LogP contribution in [0.1, 0.15) is 25.3 Å². The van der Waals surface area contributed by atoms with Gasteiger partial charge in [-0.1, -0.05) is 43.7 Å². The van der Waals surface area contributed by atoms with Gasteiger partial charge in [0, 0.05) is 7.05 Å². The van der Waals surface area contributed by atoms with Crippen molar-refractivity contribution < 1.29 is 9.53 Å². The fourth-order valence-corrected chi connectivity index (χ4v) is 1.75. The van der Waals surface area contributed by atoms with Gasteiger partial charge in [-0.15, -0.1) is 0 Å². The lowest BCUT2D eigenvalue weighted by molar-refractivity contribution is 0.101. The molecule has 0 saturated carbocycles. The van der Waals surface area contributed by atoms with Gasteiger partial charge in [0.2, 0.25) is 0 Å². The molecule has 0 heterocycles. The monoisotopic (exact) mass is 253 g/mol. The summed E-state index contributed by atoms with van der Waals surface area (Å²) < 4.78 is 5.20. The molecule has 0 aliphatic heterocycles. The van der Waals surface area contributed by atoms with Crippen LogP contribution in [0.4, 0.5) is 4.79 Å². The molecule has 0 aliphatic rings. The third-order valence-electron chi connectivity index (χ3n) is 2.49. The van der Waals surface area contributed by atoms with Gasteiger partial charge in [-0.25, -0.2) is 4.79 Å². The third kappa shape index (κ3) is 4.69. The van der Waals surface area contributed by atoms with Gasteiger partial charge >= 0.3 is 6.09 Å². The van der Waals surface area contributed by atoms with Gasteiger partial charge in [-0.2, -0.15) is 12.6 Å². The number of rotatable bonds is 5. The number of carbonyl (C=O) groups excluding carboxylic acids is 1. The Morgan fingerprint density at radius 3 is 2.65 bits per heavy atom. The Kier molecular flexibility index (Phi) is 5.91. The molecule has 4 heteroatoms. The normalized spacial score (nSPS) is 11.9. The zero-order valence-corrected chi connectivity index (χ0v) is 11.2. The largest absolute Gasteiger partial charge is 0.445 e. The van der Waals surface area contributed by atoms with E-state index in [0.717, 1.165) is 18.4 Å². The molecule has 0 bridgehead atoms. The SMILES string of the molecule is CCCC(S)N(C)C(=O)OCc1ccccc1. The van der Waals surface area contributed by atoms with E-state index in [1.807, 2.05) is 30.3 Å². The van der Waals surface area contributed by atoms with Gasteiger partial charge in [0.25, 0.3) is 0 Å². The van der Waals surface area contributed by atoms with Crippen LogP contribution in [0.3, 0.4) is 0 Å². The molecule has 17 heavy (non-hydrogen) atoms. The van der Waals surface area contributed by atoms with Crippen molar-refractivity contribution in [2.45, 2.75) is 31.7 Å². The van der Waals surface area contributed by atoms with Crippen molar-refractivity contribution in [1.82, 2.24) is 4.90 Å². The van der Waals surface area contributed by atoms with E-state index in [1.165, 1.54) is 4.90 Å². The Balaban J connectivity index is 2.39. The van der Waals surface area contributed by atoms with Crippen LogP contribution in [0.5, 0.6) is 0 Å². The predicted molar refractivity (Wildman–Crippen MR) is 72.1 cm³/mol. The first kappa shape index (κ1) is 13.9. The summed E-state index contributed by atoms with van der Waals surface area (Å²) in [5, 5.41) is -0.0803. The predicted octanol–water partition coefficient (Wildman–Crippen LogP) is 3.31. The summed E-state index contributed by atoms with van der Waals surface area (Å²) in [6, 6.07) is 9.63. The summed E-state index contributed by atoms with van der Waals surface area (Å²) in [6.07, 6.45) is 1.52. The molecule has 0 aromatic heterocycles. The lowest BCUT2D eigenvalue weighted by Crippen LogP contribution is -2.33. The summed E-state index contributed by atoms with van der Waals surface area (Å²) >= 11 is 4.35. The van der Waals surface area contributed by atoms with Gasteiger partial charge in [0.15, 0.2) is 0 Å². The molecule has 0 radical (unpaired) electrons. The highest BCUT2D eigenvalue weighted by Crippen LogP contribution is 2.11. The second-order valence-corrected chi connectivity index (χ2v) is 4.52. The lowest BCUT2D eigenvalue weighted by atomic mass is 10.2. The van der Waals surface area contributed by atoms with Crippen molar-refractivity contribution in [3.05, 3.63) is 35.9 Å². The van der Waals surface area contributed by atoms with Crippen molar-refractivity contribution in [2.24, 2.45) is 0 Å². The first-order chi connectivity index (χ1) is 8.15. The fraction of sp³-hybridized carbons (Fsp3) is 0.462. The first-order valence-electron chi connectivity index (χ1n) is 5.76. The van der Waals surface area contributed by atoms with E-state index in [4.69, 9.17) is 4.74 Å². The zero-order chi connectivity index (χ0) is 12.7. The average molecular weight is 253 g/mol. The van der Waals surface area contributed by atoms with Gasteiger partial charge in [-0.3, -0.25) is 4.90 Å². The molecule has 1 aromatic rings. The van der Waals surface area contributed by atoms with Crippen molar-refractivity contribution in [1.29, 1.82) is 0 Å². The second-order valence-electron chi connectivity index (χ2n) is 3.92. The van der Waals surface area contributed by atoms with E-state index < -0.39 is 0 Å². The van der Waals surface area contributed by atoms with Crippen LogP contribution >= 0.6 is 12.6 Å². The van der Waals surface area contributed by atoms with Crippen LogP contribution in [0.25, 0.3) is 0 Å². The van der Waals surface area contributed by atoms with Crippen molar-refractivity contribution in [3.8, 4) is 0 Å². The molecule has 0 aliphatic carbocycles. The first-order valence-corrected chi connectivity index (χ1v) is 6.28. The Hall–Kier alpha value is -1.16. The molecule has 0 saturated heterocycles. The van der Waals surface area contributed by atoms with E-state index in [0.29, 0.717) is 6.61 Å². The minimum Gasteiger partial charge on any atom is -0.445 e. The minimum absolute atomic E-state index is 0.0803. The van der Waals surface area contributed by atoms with Gasteiger partial charge in [-0.05, 0) is 12.0 Å². The maximum atomic E-state index is 11.7. The molecule has 0 spiro atoms. The number of hydrogen-bond donors (Lipinski definition) is 1. The molecule has 94 valence electrons. The van der Waals surface area contributed by atoms with Crippen LogP contribution in [0, 0.1) is 0 Å². The number of ether oxygens (including phenoxy) is 1. The van der Waals surface area contributed by atoms with Gasteiger partial charge < -0.3 is 4.74 Å². The Morgan fingerprint density at radius 2 is 2.06 bits per heavy atom. The maximum absolute atomic E-state index is 11.7. The molecular weight excluding hydrogens is 234 g/mol. The van der Waals surface area contributed by atoms with Crippen molar-refractivity contribution in [3.63, 3.8) is 0 Å². The number of hydrogen-bond acceptors (Lipinski definition) is 3. The molecule has 1 atom stereocenters. The van der Waals surface area contributed by atoms with Crippen LogP contribution in [-0.2, 0) is 11.3 Å². The topological polar surface area (TPSA) is 29.5 Å². The van der Waals surface area contributed by atoms with E-state index in [1.54, 1.807) is 7.05 Å². The maximum Gasteiger partial charge on any atom is 0.410 e. The minimum atomic E-state index is -0.331. The van der Waals surface area contributed by atoms with Crippen LogP contribution < -0.4 is 0 Å². The van der Waals surface area contributed by atoms with Crippen LogP contribution in [0.15, 0.2) is 30.3 Å². The summed E-state index contributed by atoms with van der Waals surface area (Å²) in [4.78, 5) is 13.2. The summed E-state index contributed by atoms with van der Waals surface area (Å²) in [7, 11) is 1.71. The number of nitrogens with zero attached hydrogens (tertiary/aromatic N) is 1. The van der Waals surface area contributed by atoms with E-state index in [2.05, 4.69) is 19.6 Å². The smallest absolute Gasteiger partial charge is 0.410 e. The lowest BCUT2D eigenvalue weighted by Gasteiger charge is -2.23. The summed E-state index contributed by atoms with van der Waals surface area (Å²) in [6.45, 7) is 2.36. The van der Waals surface area contributed by atoms with Crippen LogP contribution in [0.2, 0.25) is 0 Å². The zero-order valence-electron chi connectivity index (χ0n) is 10.3. The fourth-order valence-electron chi connectivity index (χ4n) is 1.39. The highest BCUT2D eigenvalue weighted by Gasteiger charge is 2.16. The number of thiol groups is 1. The highest BCUT2D eigenvalue weighted by molar-refractivity contribution is 7.80. The molecule has 0 fully saturated rings. The van der Waals surface area contributed by atoms with Crippen LogP contribution in [-0.4, -0.2) is 23.4 Å². The Bertz CT molecular complexity index is 343. The van der Waals surface area contributed by atoms with E-state index >= 15 is 0 Å². The summed E-state index contributed by atoms with van der Waals surface area (Å²) in [5.74, 6) is 0. The molecule has 1 aromatic carbocycles. The van der Waals surface area contributed by atoms with Gasteiger partial charge in [0.05, 0.1) is 5.37 Å². The van der Waals surface area contributed by atoms with Crippen molar-refractivity contribution in [2.75, 3.05) is 7.05 Å². The van der Waals surface area contributed by atoms with Crippen molar-refractivity contribution >= 4 is 18.7 Å². The molecule has 3 nitrogen and oxygen atoms in total. The molecule has 0 N–H and O–H groups in total. The Morgan fingerprint density at radius 1 is 1.41 bits per heavy atom. The number of amides is 1. The Labute approximate surface area is 108 Å². The van der Waals surface area contributed by atoms with E-state index in [-0.39, 0.29) is 11.5 Å². The molecule has 1 unspecified atom stereocenters. The number of benzene rings is 1.